The molecular weight excluding hydrogens is 460 g/mol. The van der Waals surface area contributed by atoms with Crippen LogP contribution in [0.4, 0.5) is 4.79 Å². The van der Waals surface area contributed by atoms with E-state index in [-0.39, 0.29) is 30.6 Å². The van der Waals surface area contributed by atoms with Gasteiger partial charge >= 0.3 is 6.03 Å². The number of amides is 4. The fraction of sp³-hybridized carbons (Fsp3) is 0.481. The van der Waals surface area contributed by atoms with Crippen molar-refractivity contribution >= 4 is 17.8 Å². The molecule has 5 rings (SSSR count). The second kappa shape index (κ2) is 10.2. The number of urea groups is 1. The Balaban J connectivity index is 1.21. The monoisotopic (exact) mass is 492 g/mol. The minimum atomic E-state index is -0.900. The molecule has 36 heavy (non-hydrogen) atoms. The molecule has 3 aliphatic rings. The zero-order valence-corrected chi connectivity index (χ0v) is 20.6. The van der Waals surface area contributed by atoms with E-state index in [4.69, 9.17) is 9.47 Å². The average molecular weight is 493 g/mol. The Kier molecular flexibility index (Phi) is 6.80. The third-order valence-corrected chi connectivity index (χ3v) is 7.50. The standard InChI is InChI=1S/C27H32N4O5/c1-2-11-27(25(33)31(26(34)29-27)15-10-21-5-3-4-12-28-21)20-8-13-30(14-9-20)24(32)17-19-6-7-22-23(16-19)36-18-35-22/h3-7,12,16,20H,2,8-11,13-15,17-18H2,1H3,(H,29,34)/t27-/m0/s1. The summed E-state index contributed by atoms with van der Waals surface area (Å²) in [7, 11) is 0. The molecule has 0 unspecified atom stereocenters. The van der Waals surface area contributed by atoms with Crippen molar-refractivity contribution in [1.82, 2.24) is 20.1 Å². The predicted octanol–water partition coefficient (Wildman–Crippen LogP) is 2.92. The molecule has 1 aromatic heterocycles. The van der Waals surface area contributed by atoms with Crippen molar-refractivity contribution < 1.29 is 23.9 Å². The van der Waals surface area contributed by atoms with Crippen molar-refractivity contribution in [3.8, 4) is 11.5 Å². The van der Waals surface area contributed by atoms with Crippen molar-refractivity contribution in [2.75, 3.05) is 26.4 Å². The van der Waals surface area contributed by atoms with E-state index in [0.29, 0.717) is 63.2 Å². The SMILES string of the molecule is CCC[C@@]1(C2CCN(C(=O)Cc3ccc4c(c3)OCO4)CC2)NC(=O)N(CCc2ccccn2)C1=O. The Labute approximate surface area is 210 Å². The van der Waals surface area contributed by atoms with E-state index in [2.05, 4.69) is 10.3 Å². The van der Waals surface area contributed by atoms with Gasteiger partial charge in [0.1, 0.15) is 5.54 Å². The predicted molar refractivity (Wildman–Crippen MR) is 131 cm³/mol. The van der Waals surface area contributed by atoms with Crippen LogP contribution in [-0.4, -0.2) is 64.6 Å². The number of carbonyl (C=O) groups is 3. The summed E-state index contributed by atoms with van der Waals surface area (Å²) in [6, 6.07) is 10.9. The Morgan fingerprint density at radius 2 is 1.94 bits per heavy atom. The molecule has 4 heterocycles. The highest BCUT2D eigenvalue weighted by Gasteiger charge is 2.55. The molecule has 0 radical (unpaired) electrons. The number of ether oxygens (including phenoxy) is 2. The van der Waals surface area contributed by atoms with Gasteiger partial charge in [0, 0.05) is 37.9 Å². The van der Waals surface area contributed by atoms with Gasteiger partial charge in [0.25, 0.3) is 5.91 Å². The number of imide groups is 1. The van der Waals surface area contributed by atoms with Crippen LogP contribution < -0.4 is 14.8 Å². The second-order valence-corrected chi connectivity index (χ2v) is 9.70. The normalized spacial score (nSPS) is 21.7. The molecule has 1 atom stereocenters. The first-order valence-corrected chi connectivity index (χ1v) is 12.7. The van der Waals surface area contributed by atoms with E-state index in [1.165, 1.54) is 4.90 Å². The van der Waals surface area contributed by atoms with Crippen LogP contribution in [0.2, 0.25) is 0 Å². The van der Waals surface area contributed by atoms with Crippen LogP contribution in [-0.2, 0) is 22.4 Å². The number of rotatable bonds is 8. The summed E-state index contributed by atoms with van der Waals surface area (Å²) < 4.78 is 10.8. The topological polar surface area (TPSA) is 101 Å². The van der Waals surface area contributed by atoms with Crippen molar-refractivity contribution in [3.63, 3.8) is 0 Å². The molecule has 1 N–H and O–H groups in total. The first-order valence-electron chi connectivity index (χ1n) is 12.7. The summed E-state index contributed by atoms with van der Waals surface area (Å²) in [5, 5.41) is 3.07. The van der Waals surface area contributed by atoms with Gasteiger partial charge in [-0.15, -0.1) is 0 Å². The number of carbonyl (C=O) groups excluding carboxylic acids is 3. The van der Waals surface area contributed by atoms with E-state index in [1.54, 1.807) is 6.20 Å². The van der Waals surface area contributed by atoms with Crippen LogP contribution in [0.15, 0.2) is 42.6 Å². The summed E-state index contributed by atoms with van der Waals surface area (Å²) >= 11 is 0. The lowest BCUT2D eigenvalue weighted by molar-refractivity contribution is -0.136. The second-order valence-electron chi connectivity index (χ2n) is 9.70. The van der Waals surface area contributed by atoms with E-state index in [9.17, 15) is 14.4 Å². The average Bonchev–Trinajstić information content (AvgIpc) is 3.46. The number of benzene rings is 1. The minimum absolute atomic E-state index is 0.0108. The molecule has 9 nitrogen and oxygen atoms in total. The lowest BCUT2D eigenvalue weighted by Gasteiger charge is -2.41. The summed E-state index contributed by atoms with van der Waals surface area (Å²) in [5.41, 5.74) is 0.832. The third kappa shape index (κ3) is 4.62. The number of pyridine rings is 1. The van der Waals surface area contributed by atoms with Crippen molar-refractivity contribution in [2.24, 2.45) is 5.92 Å². The van der Waals surface area contributed by atoms with Crippen LogP contribution in [0.3, 0.4) is 0 Å². The van der Waals surface area contributed by atoms with Gasteiger partial charge in [-0.25, -0.2) is 4.79 Å². The molecule has 0 bridgehead atoms. The molecule has 0 spiro atoms. The maximum atomic E-state index is 13.6. The van der Waals surface area contributed by atoms with Crippen LogP contribution in [0.5, 0.6) is 11.5 Å². The van der Waals surface area contributed by atoms with E-state index in [0.717, 1.165) is 17.7 Å². The summed E-state index contributed by atoms with van der Waals surface area (Å²) in [6.07, 6.45) is 5.24. The fourth-order valence-corrected chi connectivity index (χ4v) is 5.62. The van der Waals surface area contributed by atoms with Crippen molar-refractivity contribution in [2.45, 2.75) is 51.0 Å². The fourth-order valence-electron chi connectivity index (χ4n) is 5.62. The van der Waals surface area contributed by atoms with Gasteiger partial charge in [0.2, 0.25) is 12.7 Å². The van der Waals surface area contributed by atoms with E-state index >= 15 is 0 Å². The molecule has 2 saturated heterocycles. The quantitative estimate of drug-likeness (QED) is 0.569. The zero-order chi connectivity index (χ0) is 25.1. The summed E-state index contributed by atoms with van der Waals surface area (Å²) in [5.74, 6) is 1.27. The van der Waals surface area contributed by atoms with Gasteiger partial charge < -0.3 is 19.7 Å². The lowest BCUT2D eigenvalue weighted by atomic mass is 9.74. The molecule has 2 aromatic rings. The minimum Gasteiger partial charge on any atom is -0.454 e. The lowest BCUT2D eigenvalue weighted by Crippen LogP contribution is -2.56. The van der Waals surface area contributed by atoms with Gasteiger partial charge in [0.05, 0.1) is 6.42 Å². The van der Waals surface area contributed by atoms with Gasteiger partial charge in [-0.3, -0.25) is 19.5 Å². The van der Waals surface area contributed by atoms with Crippen LogP contribution in [0, 0.1) is 5.92 Å². The van der Waals surface area contributed by atoms with E-state index in [1.807, 2.05) is 48.2 Å². The van der Waals surface area contributed by atoms with Gasteiger partial charge in [-0.2, -0.15) is 0 Å². The first kappa shape index (κ1) is 24.1. The molecule has 1 aromatic carbocycles. The van der Waals surface area contributed by atoms with Gasteiger partial charge in [0.15, 0.2) is 11.5 Å². The maximum absolute atomic E-state index is 13.6. The molecule has 190 valence electrons. The van der Waals surface area contributed by atoms with Crippen LogP contribution in [0.1, 0.15) is 43.9 Å². The highest BCUT2D eigenvalue weighted by Crippen LogP contribution is 2.37. The Hall–Kier alpha value is -3.62. The van der Waals surface area contributed by atoms with Crippen molar-refractivity contribution in [1.29, 1.82) is 0 Å². The number of hydrogen-bond acceptors (Lipinski definition) is 6. The van der Waals surface area contributed by atoms with Crippen LogP contribution >= 0.6 is 0 Å². The number of nitrogens with one attached hydrogen (secondary N) is 1. The number of piperidine rings is 1. The van der Waals surface area contributed by atoms with Crippen molar-refractivity contribution in [3.05, 3.63) is 53.9 Å². The number of aromatic nitrogens is 1. The molecule has 4 amide bonds. The maximum Gasteiger partial charge on any atom is 0.325 e. The largest absolute Gasteiger partial charge is 0.454 e. The number of likely N-dealkylation sites (tertiary alicyclic amines) is 1. The number of nitrogens with zero attached hydrogens (tertiary/aromatic N) is 3. The first-order chi connectivity index (χ1) is 17.5. The smallest absolute Gasteiger partial charge is 0.325 e. The van der Waals surface area contributed by atoms with Gasteiger partial charge in [-0.05, 0) is 55.0 Å². The number of hydrogen-bond donors (Lipinski definition) is 1. The molecule has 9 heteroatoms. The molecule has 0 aliphatic carbocycles. The Morgan fingerprint density at radius 3 is 2.69 bits per heavy atom. The molecular formula is C27H32N4O5. The molecule has 3 aliphatic heterocycles. The zero-order valence-electron chi connectivity index (χ0n) is 20.6. The Bertz CT molecular complexity index is 1130. The molecule has 2 fully saturated rings. The third-order valence-electron chi connectivity index (χ3n) is 7.50. The summed E-state index contributed by atoms with van der Waals surface area (Å²) in [6.45, 7) is 3.67. The number of fused-ring (bicyclic) bond motifs is 1. The Morgan fingerprint density at radius 1 is 1.14 bits per heavy atom. The highest BCUT2D eigenvalue weighted by atomic mass is 16.7. The highest BCUT2D eigenvalue weighted by molar-refractivity contribution is 6.07. The summed E-state index contributed by atoms with van der Waals surface area (Å²) in [4.78, 5) is 47.0. The molecule has 0 saturated carbocycles. The van der Waals surface area contributed by atoms with Crippen LogP contribution in [0.25, 0.3) is 0 Å². The van der Waals surface area contributed by atoms with Gasteiger partial charge in [-0.1, -0.05) is 25.5 Å². The van der Waals surface area contributed by atoms with E-state index < -0.39 is 5.54 Å².